The van der Waals surface area contributed by atoms with Gasteiger partial charge in [-0.05, 0) is 6.92 Å². The van der Waals surface area contributed by atoms with E-state index in [0.717, 1.165) is 0 Å². The quantitative estimate of drug-likeness (QED) is 0.454. The second-order valence-corrected chi connectivity index (χ2v) is 6.34. The van der Waals surface area contributed by atoms with Crippen LogP contribution in [0.25, 0.3) is 0 Å². The summed E-state index contributed by atoms with van der Waals surface area (Å²) in [6.07, 6.45) is 1.85. The number of morpholine rings is 1. The second kappa shape index (κ2) is 5.97. The summed E-state index contributed by atoms with van der Waals surface area (Å²) < 4.78 is 31.6. The van der Waals surface area contributed by atoms with Gasteiger partial charge in [-0.15, -0.1) is 0 Å². The van der Waals surface area contributed by atoms with Crippen LogP contribution in [0.1, 0.15) is 6.92 Å². The van der Waals surface area contributed by atoms with Crippen molar-refractivity contribution in [3.63, 3.8) is 0 Å². The van der Waals surface area contributed by atoms with E-state index >= 15 is 0 Å². The maximum atomic E-state index is 12.5. The molecule has 2 rings (SSSR count). The minimum absolute atomic E-state index is 0.0260. The molecule has 20 heavy (non-hydrogen) atoms. The lowest BCUT2D eigenvalue weighted by atomic mass is 10.2. The highest BCUT2D eigenvalue weighted by Crippen LogP contribution is 2.21. The third kappa shape index (κ3) is 2.88. The van der Waals surface area contributed by atoms with Crippen LogP contribution in [-0.4, -0.2) is 59.7 Å². The molecule has 0 saturated carbocycles. The number of aliphatic hydroxyl groups excluding tert-OH is 1. The van der Waals surface area contributed by atoms with Gasteiger partial charge in [0.2, 0.25) is 16.0 Å². The number of nitrogens with zero attached hydrogens (tertiary/aromatic N) is 3. The van der Waals surface area contributed by atoms with Gasteiger partial charge in [0.25, 0.3) is 0 Å². The number of aromatic nitrogens is 2. The number of rotatable bonds is 4. The topological polar surface area (TPSA) is 131 Å². The molecule has 4 N–H and O–H groups in total. The maximum Gasteiger partial charge on any atom is 0.246 e. The Balaban J connectivity index is 2.27. The van der Waals surface area contributed by atoms with Crippen LogP contribution in [0, 0.1) is 0 Å². The molecule has 0 aromatic carbocycles. The molecule has 0 bridgehead atoms. The smallest absolute Gasteiger partial charge is 0.246 e. The summed E-state index contributed by atoms with van der Waals surface area (Å²) >= 11 is 0. The van der Waals surface area contributed by atoms with Crippen molar-refractivity contribution in [3.8, 4) is 0 Å². The summed E-state index contributed by atoms with van der Waals surface area (Å²) in [6, 6.07) is -0.324. The van der Waals surface area contributed by atoms with Crippen LogP contribution in [0.15, 0.2) is 17.3 Å². The number of hydrogen-bond donors (Lipinski definition) is 3. The highest BCUT2D eigenvalue weighted by Gasteiger charge is 2.35. The summed E-state index contributed by atoms with van der Waals surface area (Å²) in [4.78, 5) is 7.55. The first-order valence-electron chi connectivity index (χ1n) is 6.02. The Morgan fingerprint density at radius 2 is 2.20 bits per heavy atom. The monoisotopic (exact) mass is 303 g/mol. The van der Waals surface area contributed by atoms with Crippen LogP contribution in [0.3, 0.4) is 0 Å². The largest absolute Gasteiger partial charge is 0.394 e. The zero-order chi connectivity index (χ0) is 14.8. The molecule has 1 aliphatic rings. The number of hydrogen-bond acceptors (Lipinski definition) is 8. The van der Waals surface area contributed by atoms with Crippen molar-refractivity contribution in [3.05, 3.63) is 12.4 Å². The van der Waals surface area contributed by atoms with Crippen molar-refractivity contribution in [1.82, 2.24) is 14.3 Å². The van der Waals surface area contributed by atoms with Crippen molar-refractivity contribution in [2.45, 2.75) is 24.0 Å². The molecule has 10 heteroatoms. The molecule has 9 nitrogen and oxygen atoms in total. The Morgan fingerprint density at radius 1 is 1.55 bits per heavy atom. The Morgan fingerprint density at radius 3 is 2.75 bits per heavy atom. The first-order valence-corrected chi connectivity index (χ1v) is 7.46. The Labute approximate surface area is 116 Å². The van der Waals surface area contributed by atoms with Crippen LogP contribution in [-0.2, 0) is 14.8 Å². The molecular formula is C10H17N5O4S. The summed E-state index contributed by atoms with van der Waals surface area (Å²) in [5, 5.41) is 9.11. The third-order valence-electron chi connectivity index (χ3n) is 3.02. The maximum absolute atomic E-state index is 12.5. The van der Waals surface area contributed by atoms with Crippen LogP contribution in [0.5, 0.6) is 0 Å². The van der Waals surface area contributed by atoms with E-state index in [2.05, 4.69) is 15.4 Å². The molecule has 1 fully saturated rings. The van der Waals surface area contributed by atoms with Gasteiger partial charge in [0.05, 0.1) is 31.7 Å². The predicted molar refractivity (Wildman–Crippen MR) is 70.0 cm³/mol. The van der Waals surface area contributed by atoms with Gasteiger partial charge < -0.3 is 9.84 Å². The van der Waals surface area contributed by atoms with Gasteiger partial charge in [0.15, 0.2) is 0 Å². The molecule has 2 atom stereocenters. The van der Waals surface area contributed by atoms with Gasteiger partial charge in [-0.1, -0.05) is 0 Å². The third-order valence-corrected chi connectivity index (χ3v) is 4.95. The lowest BCUT2D eigenvalue weighted by molar-refractivity contribution is -0.0516. The lowest BCUT2D eigenvalue weighted by Gasteiger charge is -2.36. The molecule has 0 aliphatic carbocycles. The number of nitrogen functional groups attached to an aromatic ring is 1. The number of hydrazine groups is 1. The number of ether oxygens (including phenoxy) is 1. The van der Waals surface area contributed by atoms with Crippen molar-refractivity contribution < 1.29 is 18.3 Å². The van der Waals surface area contributed by atoms with Gasteiger partial charge in [-0.25, -0.2) is 24.2 Å². The first kappa shape index (κ1) is 15.1. The van der Waals surface area contributed by atoms with Gasteiger partial charge in [0.1, 0.15) is 4.90 Å². The number of aliphatic hydroxyl groups is 1. The van der Waals surface area contributed by atoms with E-state index in [0.29, 0.717) is 0 Å². The highest BCUT2D eigenvalue weighted by atomic mass is 32.2. The lowest BCUT2D eigenvalue weighted by Crippen LogP contribution is -2.51. The van der Waals surface area contributed by atoms with E-state index in [9.17, 15) is 8.42 Å². The SMILES string of the molecule is CC1COC(CO)CN1S(=O)(=O)c1cnc(NN)nc1. The zero-order valence-corrected chi connectivity index (χ0v) is 11.7. The van der Waals surface area contributed by atoms with Crippen molar-refractivity contribution in [2.75, 3.05) is 25.2 Å². The summed E-state index contributed by atoms with van der Waals surface area (Å²) in [5.74, 6) is 5.26. The molecule has 1 aliphatic heterocycles. The van der Waals surface area contributed by atoms with E-state index in [1.54, 1.807) is 6.92 Å². The fraction of sp³-hybridized carbons (Fsp3) is 0.600. The molecule has 112 valence electrons. The first-order chi connectivity index (χ1) is 9.48. The van der Waals surface area contributed by atoms with Crippen LogP contribution < -0.4 is 11.3 Å². The highest BCUT2D eigenvalue weighted by molar-refractivity contribution is 7.89. The molecule has 1 aromatic rings. The van der Waals surface area contributed by atoms with Crippen LogP contribution >= 0.6 is 0 Å². The normalized spacial score (nSPS) is 24.6. The zero-order valence-electron chi connectivity index (χ0n) is 10.9. The second-order valence-electron chi connectivity index (χ2n) is 4.45. The standard InChI is InChI=1S/C10H17N5O4S/c1-7-6-19-8(5-16)4-15(7)20(17,18)9-2-12-10(14-11)13-3-9/h2-3,7-8,16H,4-6,11H2,1H3,(H,12,13,14). The summed E-state index contributed by atoms with van der Waals surface area (Å²) in [6.45, 7) is 1.83. The number of nitrogens with one attached hydrogen (secondary N) is 1. The number of nitrogens with two attached hydrogens (primary N) is 1. The van der Waals surface area contributed by atoms with E-state index in [1.165, 1.54) is 16.7 Å². The van der Waals surface area contributed by atoms with Crippen molar-refractivity contribution in [2.24, 2.45) is 5.84 Å². The fourth-order valence-corrected chi connectivity index (χ4v) is 3.44. The average Bonchev–Trinajstić information content (AvgIpc) is 2.47. The van der Waals surface area contributed by atoms with E-state index < -0.39 is 16.1 Å². The fourth-order valence-electron chi connectivity index (χ4n) is 1.90. The van der Waals surface area contributed by atoms with E-state index in [4.69, 9.17) is 15.7 Å². The van der Waals surface area contributed by atoms with E-state index in [1.807, 2.05) is 0 Å². The molecular weight excluding hydrogens is 286 g/mol. The molecule has 2 heterocycles. The Bertz CT molecular complexity index is 549. The van der Waals surface area contributed by atoms with E-state index in [-0.39, 0.29) is 36.6 Å². The van der Waals surface area contributed by atoms with Gasteiger partial charge >= 0.3 is 0 Å². The predicted octanol–water partition coefficient (Wildman–Crippen LogP) is -1.47. The summed E-state index contributed by atoms with van der Waals surface area (Å²) in [7, 11) is -3.73. The molecule has 0 spiro atoms. The molecule has 1 saturated heterocycles. The van der Waals surface area contributed by atoms with Crippen molar-refractivity contribution in [1.29, 1.82) is 0 Å². The van der Waals surface area contributed by atoms with Gasteiger partial charge in [0, 0.05) is 12.6 Å². The minimum atomic E-state index is -3.73. The molecule has 2 unspecified atom stereocenters. The number of anilines is 1. The van der Waals surface area contributed by atoms with Crippen LogP contribution in [0.2, 0.25) is 0 Å². The minimum Gasteiger partial charge on any atom is -0.394 e. The molecule has 0 radical (unpaired) electrons. The van der Waals surface area contributed by atoms with Crippen molar-refractivity contribution >= 4 is 16.0 Å². The average molecular weight is 303 g/mol. The Hall–Kier alpha value is -1.33. The molecule has 0 amide bonds. The Kier molecular flexibility index (Phi) is 4.50. The van der Waals surface area contributed by atoms with Gasteiger partial charge in [-0.2, -0.15) is 4.31 Å². The molecule has 1 aromatic heterocycles. The number of sulfonamides is 1. The summed E-state index contributed by atoms with van der Waals surface area (Å²) in [5.41, 5.74) is 2.23. The van der Waals surface area contributed by atoms with Gasteiger partial charge in [-0.3, -0.25) is 5.43 Å². The van der Waals surface area contributed by atoms with Crippen LogP contribution in [0.4, 0.5) is 5.95 Å².